The van der Waals surface area contributed by atoms with Gasteiger partial charge in [0.2, 0.25) is 0 Å². The van der Waals surface area contributed by atoms with E-state index in [0.717, 1.165) is 6.42 Å². The number of rotatable bonds is 2. The number of hydrogen-bond donors (Lipinski definition) is 0. The van der Waals surface area contributed by atoms with Gasteiger partial charge in [-0.1, -0.05) is 26.8 Å². The van der Waals surface area contributed by atoms with Crippen molar-refractivity contribution < 1.29 is 9.22 Å². The summed E-state index contributed by atoms with van der Waals surface area (Å²) in [4.78, 5) is 12.3. The number of allylic oxidation sites excluding steroid dienone is 1. The second-order valence-corrected chi connectivity index (χ2v) is 18.1. The van der Waals surface area contributed by atoms with Crippen LogP contribution in [0.4, 0.5) is 0 Å². The molecule has 0 radical (unpaired) electrons. The van der Waals surface area contributed by atoms with Crippen LogP contribution in [-0.2, 0) is 9.22 Å². The zero-order valence-corrected chi connectivity index (χ0v) is 19.6. The summed E-state index contributed by atoms with van der Waals surface area (Å²) in [5, 5.41) is 0.232. The van der Waals surface area contributed by atoms with Crippen molar-refractivity contribution in [3.05, 3.63) is 12.2 Å². The van der Waals surface area contributed by atoms with Gasteiger partial charge in [-0.2, -0.15) is 0 Å². The summed E-state index contributed by atoms with van der Waals surface area (Å²) in [5.41, 5.74) is 0.112. The molecule has 0 aromatic carbocycles. The third-order valence-corrected chi connectivity index (χ3v) is 15.9. The van der Waals surface area contributed by atoms with Crippen LogP contribution in [0.1, 0.15) is 52.9 Å². The highest BCUT2D eigenvalue weighted by Crippen LogP contribution is 2.72. The summed E-state index contributed by atoms with van der Waals surface area (Å²) < 4.78 is 7.40. The second-order valence-electron chi connectivity index (χ2n) is 10.3. The fourth-order valence-corrected chi connectivity index (χ4v) is 11.0. The first-order valence-electron chi connectivity index (χ1n) is 10.3. The Morgan fingerprint density at radius 1 is 1.19 bits per heavy atom. The molecule has 0 bridgehead atoms. The first-order valence-corrected chi connectivity index (χ1v) is 15.2. The van der Waals surface area contributed by atoms with Gasteiger partial charge in [0.05, 0.1) is 10.2 Å². The highest BCUT2D eigenvalue weighted by atomic mass is 32.2. The lowest BCUT2D eigenvalue weighted by molar-refractivity contribution is -0.117. The summed E-state index contributed by atoms with van der Waals surface area (Å²) in [6, 6.07) is 0. The Morgan fingerprint density at radius 3 is 2.54 bits per heavy atom. The van der Waals surface area contributed by atoms with Gasteiger partial charge < -0.3 is 4.43 Å². The fraction of sp³-hybridized carbons (Fsp3) is 0.857. The minimum Gasteiger partial charge on any atom is -0.413 e. The maximum atomic E-state index is 12.3. The highest BCUT2D eigenvalue weighted by molar-refractivity contribution is 8.18. The van der Waals surface area contributed by atoms with Crippen molar-refractivity contribution in [2.24, 2.45) is 17.3 Å². The van der Waals surface area contributed by atoms with Crippen LogP contribution in [-0.4, -0.2) is 35.8 Å². The molecule has 0 N–H and O–H groups in total. The van der Waals surface area contributed by atoms with Crippen LogP contribution >= 0.6 is 23.5 Å². The van der Waals surface area contributed by atoms with Crippen molar-refractivity contribution in [2.45, 2.75) is 81.2 Å². The van der Waals surface area contributed by atoms with E-state index in [0.29, 0.717) is 27.8 Å². The van der Waals surface area contributed by atoms with Crippen molar-refractivity contribution >= 4 is 37.6 Å². The minimum atomic E-state index is -1.82. The molecule has 146 valence electrons. The van der Waals surface area contributed by atoms with E-state index in [9.17, 15) is 4.79 Å². The van der Waals surface area contributed by atoms with E-state index in [1.165, 1.54) is 37.2 Å². The number of carbonyl (C=O) groups is 1. The maximum Gasteiger partial charge on any atom is 0.192 e. The van der Waals surface area contributed by atoms with Crippen molar-refractivity contribution in [1.29, 1.82) is 0 Å². The van der Waals surface area contributed by atoms with Crippen molar-refractivity contribution in [2.75, 3.05) is 11.5 Å². The van der Waals surface area contributed by atoms with Gasteiger partial charge in [0.25, 0.3) is 0 Å². The molecule has 4 rings (SSSR count). The molecule has 4 aliphatic rings. The van der Waals surface area contributed by atoms with Crippen LogP contribution in [0.3, 0.4) is 0 Å². The lowest BCUT2D eigenvalue weighted by Gasteiger charge is -2.47. The van der Waals surface area contributed by atoms with Crippen LogP contribution in [0.2, 0.25) is 18.1 Å². The summed E-state index contributed by atoms with van der Waals surface area (Å²) in [6.45, 7) is 11.8. The third-order valence-electron chi connectivity index (χ3n) is 7.88. The largest absolute Gasteiger partial charge is 0.413 e. The van der Waals surface area contributed by atoms with Crippen LogP contribution in [0.25, 0.3) is 0 Å². The van der Waals surface area contributed by atoms with Gasteiger partial charge in [0.1, 0.15) is 0 Å². The predicted molar refractivity (Wildman–Crippen MR) is 116 cm³/mol. The van der Waals surface area contributed by atoms with E-state index < -0.39 is 8.32 Å². The Kier molecular flexibility index (Phi) is 4.82. The van der Waals surface area contributed by atoms with Crippen LogP contribution < -0.4 is 0 Å². The first kappa shape index (κ1) is 19.6. The van der Waals surface area contributed by atoms with Gasteiger partial charge in [-0.3, -0.25) is 4.79 Å². The quantitative estimate of drug-likeness (QED) is 0.530. The Hall–Kier alpha value is 0.287. The van der Waals surface area contributed by atoms with Crippen molar-refractivity contribution in [3.63, 3.8) is 0 Å². The van der Waals surface area contributed by atoms with E-state index in [-0.39, 0.29) is 10.5 Å². The number of ketones is 1. The lowest BCUT2D eigenvalue weighted by Crippen LogP contribution is -2.50. The second kappa shape index (κ2) is 6.40. The third kappa shape index (κ3) is 2.82. The topological polar surface area (TPSA) is 26.3 Å². The van der Waals surface area contributed by atoms with E-state index in [4.69, 9.17) is 4.43 Å². The predicted octanol–water partition coefficient (Wildman–Crippen LogP) is 5.89. The van der Waals surface area contributed by atoms with E-state index in [1.807, 2.05) is 6.08 Å². The van der Waals surface area contributed by atoms with Crippen LogP contribution in [0.5, 0.6) is 0 Å². The zero-order chi connectivity index (χ0) is 18.8. The van der Waals surface area contributed by atoms with Gasteiger partial charge in [0.15, 0.2) is 14.1 Å². The van der Waals surface area contributed by atoms with Gasteiger partial charge in [-0.25, -0.2) is 0 Å². The molecule has 0 aromatic heterocycles. The van der Waals surface area contributed by atoms with Crippen molar-refractivity contribution in [1.82, 2.24) is 0 Å². The lowest BCUT2D eigenvalue weighted by atomic mass is 9.67. The molecule has 5 heteroatoms. The van der Waals surface area contributed by atoms with E-state index in [2.05, 4.69) is 63.5 Å². The molecular formula is C21H34O2S2Si. The zero-order valence-electron chi connectivity index (χ0n) is 17.0. The van der Waals surface area contributed by atoms with Gasteiger partial charge in [-0.05, 0) is 73.2 Å². The number of hydrogen-bond acceptors (Lipinski definition) is 4. The molecule has 1 saturated heterocycles. The molecule has 0 unspecified atom stereocenters. The molecule has 26 heavy (non-hydrogen) atoms. The Labute approximate surface area is 168 Å². The molecule has 4 atom stereocenters. The van der Waals surface area contributed by atoms with Gasteiger partial charge in [-0.15, -0.1) is 23.5 Å². The SMILES string of the molecule is CC(C)(C)[Si](C)(C)O[C@@H]1CC[C@@H]2C3(C[C@@H]4CC(=O)C=C[C@]421)SCCCS3. The number of fused-ring (bicyclic) bond motifs is 1. The Bertz CT molecular complexity index is 618. The molecule has 2 saturated carbocycles. The van der Waals surface area contributed by atoms with Crippen LogP contribution in [0.15, 0.2) is 12.2 Å². The Morgan fingerprint density at radius 2 is 1.88 bits per heavy atom. The van der Waals surface area contributed by atoms with E-state index >= 15 is 0 Å². The summed E-state index contributed by atoms with van der Waals surface area (Å²) in [6.07, 6.45) is 10.3. The molecular weight excluding hydrogens is 376 g/mol. The molecule has 0 aromatic rings. The van der Waals surface area contributed by atoms with Gasteiger partial charge >= 0.3 is 0 Å². The average Bonchev–Trinajstić information content (AvgIpc) is 3.01. The molecule has 2 spiro atoms. The highest BCUT2D eigenvalue weighted by Gasteiger charge is 2.68. The Balaban J connectivity index is 1.71. The number of thioether (sulfide) groups is 2. The van der Waals surface area contributed by atoms with Crippen molar-refractivity contribution in [3.8, 4) is 0 Å². The molecule has 3 fully saturated rings. The molecule has 0 amide bonds. The number of carbonyl (C=O) groups excluding carboxylic acids is 1. The summed E-state index contributed by atoms with van der Waals surface area (Å²) >= 11 is 4.42. The molecule has 2 nitrogen and oxygen atoms in total. The van der Waals surface area contributed by atoms with E-state index in [1.54, 1.807) is 0 Å². The summed E-state index contributed by atoms with van der Waals surface area (Å²) in [7, 11) is -1.82. The molecule has 3 aliphatic carbocycles. The molecule has 1 aliphatic heterocycles. The minimum absolute atomic E-state index is 0.112. The fourth-order valence-electron chi connectivity index (χ4n) is 5.61. The average molecular weight is 411 g/mol. The smallest absolute Gasteiger partial charge is 0.192 e. The normalized spacial score (nSPS) is 39.3. The summed E-state index contributed by atoms with van der Waals surface area (Å²) in [5.74, 6) is 4.07. The first-order chi connectivity index (χ1) is 12.1. The standard InChI is InChI=1S/C21H34O2S2Si/c1-19(2,3)26(4,5)23-18-8-7-17-20(18)10-9-16(22)13-15(20)14-21(17)24-11-6-12-25-21/h9-10,15,17-18H,6-8,11-14H2,1-5H3/t15-,17-,18+,20-/m0/s1. The maximum absolute atomic E-state index is 12.3. The van der Waals surface area contributed by atoms with Gasteiger partial charge in [0, 0.05) is 11.8 Å². The molecule has 1 heterocycles. The van der Waals surface area contributed by atoms with Crippen LogP contribution in [0, 0.1) is 17.3 Å². The monoisotopic (exact) mass is 410 g/mol.